The molecule has 96 valence electrons. The first-order valence-electron chi connectivity index (χ1n) is 6.13. The Hall–Kier alpha value is -1.75. The molecule has 1 saturated heterocycles. The summed E-state index contributed by atoms with van der Waals surface area (Å²) in [4.78, 5) is 13.7. The molecule has 2 aliphatic heterocycles. The molecule has 1 aromatic rings. The lowest BCUT2D eigenvalue weighted by Gasteiger charge is -2.17. The fourth-order valence-corrected chi connectivity index (χ4v) is 2.49. The number of hydrogen-bond donors (Lipinski definition) is 1. The van der Waals surface area contributed by atoms with Gasteiger partial charge in [0.05, 0.1) is 0 Å². The molecule has 1 fully saturated rings. The van der Waals surface area contributed by atoms with E-state index in [1.807, 2.05) is 23.1 Å². The van der Waals surface area contributed by atoms with Gasteiger partial charge in [0.1, 0.15) is 0 Å². The summed E-state index contributed by atoms with van der Waals surface area (Å²) in [5.74, 6) is 1.98. The van der Waals surface area contributed by atoms with Gasteiger partial charge in [0.15, 0.2) is 11.5 Å². The van der Waals surface area contributed by atoms with Crippen molar-refractivity contribution in [3.63, 3.8) is 0 Å². The van der Waals surface area contributed by atoms with Gasteiger partial charge in [-0.25, -0.2) is 0 Å². The zero-order chi connectivity index (χ0) is 12.5. The maximum Gasteiger partial charge on any atom is 0.231 e. The summed E-state index contributed by atoms with van der Waals surface area (Å²) in [7, 11) is 0. The number of para-hydroxylation sites is 1. The third-order valence-electron chi connectivity index (χ3n) is 3.47. The highest BCUT2D eigenvalue weighted by molar-refractivity contribution is 5.78. The largest absolute Gasteiger partial charge is 0.454 e. The number of likely N-dealkylation sites (tertiary alicyclic amines) is 1. The quantitative estimate of drug-likeness (QED) is 0.856. The van der Waals surface area contributed by atoms with E-state index in [1.54, 1.807) is 0 Å². The van der Waals surface area contributed by atoms with Crippen LogP contribution in [0.25, 0.3) is 0 Å². The molecule has 1 unspecified atom stereocenters. The molecule has 1 atom stereocenters. The number of hydrogen-bond acceptors (Lipinski definition) is 4. The average molecular weight is 248 g/mol. The summed E-state index contributed by atoms with van der Waals surface area (Å²) in [5.41, 5.74) is 6.61. The van der Waals surface area contributed by atoms with E-state index in [1.165, 1.54) is 0 Å². The molecule has 5 nitrogen and oxygen atoms in total. The van der Waals surface area contributed by atoms with E-state index in [4.69, 9.17) is 15.2 Å². The smallest absolute Gasteiger partial charge is 0.231 e. The Morgan fingerprint density at radius 3 is 3.06 bits per heavy atom. The average Bonchev–Trinajstić information content (AvgIpc) is 2.97. The van der Waals surface area contributed by atoms with Crippen LogP contribution in [0.3, 0.4) is 0 Å². The second-order valence-electron chi connectivity index (χ2n) is 4.73. The highest BCUT2D eigenvalue weighted by Crippen LogP contribution is 2.36. The van der Waals surface area contributed by atoms with Gasteiger partial charge in [-0.1, -0.05) is 12.1 Å². The number of amides is 1. The molecule has 5 heteroatoms. The van der Waals surface area contributed by atoms with E-state index in [2.05, 4.69) is 0 Å². The molecular formula is C13H16N2O3. The lowest BCUT2D eigenvalue weighted by atomic mass is 10.1. The van der Waals surface area contributed by atoms with Gasteiger partial charge in [-0.05, 0) is 18.5 Å². The molecule has 1 amide bonds. The summed E-state index contributed by atoms with van der Waals surface area (Å²) in [5, 5.41) is 0. The minimum atomic E-state index is 0.168. The lowest BCUT2D eigenvalue weighted by molar-refractivity contribution is -0.128. The van der Waals surface area contributed by atoms with Crippen LogP contribution in [0.5, 0.6) is 11.5 Å². The van der Waals surface area contributed by atoms with Gasteiger partial charge in [0.25, 0.3) is 0 Å². The van der Waals surface area contributed by atoms with Gasteiger partial charge < -0.3 is 20.1 Å². The topological polar surface area (TPSA) is 64.8 Å². The van der Waals surface area contributed by atoms with Crippen molar-refractivity contribution in [3.05, 3.63) is 23.8 Å². The zero-order valence-electron chi connectivity index (χ0n) is 10.1. The Morgan fingerprint density at radius 1 is 1.39 bits per heavy atom. The van der Waals surface area contributed by atoms with Crippen LogP contribution in [0.15, 0.2) is 18.2 Å². The van der Waals surface area contributed by atoms with Gasteiger partial charge in [0, 0.05) is 25.1 Å². The SMILES string of the molecule is NCC1CC(=O)N(Cc2cccc3c2OCO3)C1. The Kier molecular flexibility index (Phi) is 2.83. The van der Waals surface area contributed by atoms with Crippen molar-refractivity contribution in [3.8, 4) is 11.5 Å². The highest BCUT2D eigenvalue weighted by Gasteiger charge is 2.29. The first-order chi connectivity index (χ1) is 8.78. The first-order valence-corrected chi connectivity index (χ1v) is 6.13. The van der Waals surface area contributed by atoms with Crippen LogP contribution in [0.4, 0.5) is 0 Å². The van der Waals surface area contributed by atoms with Crippen molar-refractivity contribution in [1.82, 2.24) is 4.90 Å². The van der Waals surface area contributed by atoms with Crippen LogP contribution in [0, 0.1) is 5.92 Å². The van der Waals surface area contributed by atoms with Crippen molar-refractivity contribution in [1.29, 1.82) is 0 Å². The summed E-state index contributed by atoms with van der Waals surface area (Å²) in [6.07, 6.45) is 0.558. The molecule has 18 heavy (non-hydrogen) atoms. The first kappa shape index (κ1) is 11.3. The van der Waals surface area contributed by atoms with E-state index in [9.17, 15) is 4.79 Å². The Balaban J connectivity index is 1.78. The van der Waals surface area contributed by atoms with E-state index < -0.39 is 0 Å². The van der Waals surface area contributed by atoms with E-state index >= 15 is 0 Å². The van der Waals surface area contributed by atoms with Gasteiger partial charge in [-0.15, -0.1) is 0 Å². The fraction of sp³-hybridized carbons (Fsp3) is 0.462. The molecule has 0 spiro atoms. The molecule has 0 bridgehead atoms. The molecule has 1 aromatic carbocycles. The van der Waals surface area contributed by atoms with Crippen LogP contribution in [0.1, 0.15) is 12.0 Å². The number of fused-ring (bicyclic) bond motifs is 1. The molecule has 0 saturated carbocycles. The van der Waals surface area contributed by atoms with E-state index in [0.717, 1.165) is 23.6 Å². The van der Waals surface area contributed by atoms with Crippen LogP contribution >= 0.6 is 0 Å². The molecule has 2 heterocycles. The third-order valence-corrected chi connectivity index (χ3v) is 3.47. The number of rotatable bonds is 3. The van der Waals surface area contributed by atoms with Gasteiger partial charge in [-0.3, -0.25) is 4.79 Å². The molecule has 0 aliphatic carbocycles. The van der Waals surface area contributed by atoms with Crippen LogP contribution in [0.2, 0.25) is 0 Å². The Bertz CT molecular complexity index is 475. The van der Waals surface area contributed by atoms with Crippen LogP contribution in [-0.4, -0.2) is 30.7 Å². The molecular weight excluding hydrogens is 232 g/mol. The minimum absolute atomic E-state index is 0.168. The number of nitrogens with two attached hydrogens (primary N) is 1. The monoisotopic (exact) mass is 248 g/mol. The van der Waals surface area contributed by atoms with Crippen LogP contribution < -0.4 is 15.2 Å². The van der Waals surface area contributed by atoms with Crippen molar-refractivity contribution in [2.75, 3.05) is 19.9 Å². The van der Waals surface area contributed by atoms with Gasteiger partial charge in [-0.2, -0.15) is 0 Å². The maximum atomic E-state index is 11.8. The third kappa shape index (κ3) is 1.90. The predicted molar refractivity (Wildman–Crippen MR) is 65.1 cm³/mol. The summed E-state index contributed by atoms with van der Waals surface area (Å²) < 4.78 is 10.8. The molecule has 3 rings (SSSR count). The number of benzene rings is 1. The second-order valence-corrected chi connectivity index (χ2v) is 4.73. The normalized spacial score (nSPS) is 21.7. The maximum absolute atomic E-state index is 11.8. The summed E-state index contributed by atoms with van der Waals surface area (Å²) in [6.45, 7) is 2.13. The van der Waals surface area contributed by atoms with E-state index in [-0.39, 0.29) is 18.6 Å². The van der Waals surface area contributed by atoms with E-state index in [0.29, 0.717) is 19.5 Å². The molecule has 0 aromatic heterocycles. The number of carbonyl (C=O) groups is 1. The van der Waals surface area contributed by atoms with Crippen LogP contribution in [-0.2, 0) is 11.3 Å². The lowest BCUT2D eigenvalue weighted by Crippen LogP contribution is -2.25. The zero-order valence-corrected chi connectivity index (χ0v) is 10.1. The van der Waals surface area contributed by atoms with Crippen molar-refractivity contribution >= 4 is 5.91 Å². The fourth-order valence-electron chi connectivity index (χ4n) is 2.49. The number of ether oxygens (including phenoxy) is 2. The number of carbonyl (C=O) groups excluding carboxylic acids is 1. The van der Waals surface area contributed by atoms with Crippen molar-refractivity contribution in [2.24, 2.45) is 11.7 Å². The number of nitrogens with zero attached hydrogens (tertiary/aromatic N) is 1. The minimum Gasteiger partial charge on any atom is -0.454 e. The summed E-state index contributed by atoms with van der Waals surface area (Å²) in [6, 6.07) is 5.76. The van der Waals surface area contributed by atoms with Gasteiger partial charge in [0.2, 0.25) is 12.7 Å². The Labute approximate surface area is 105 Å². The standard InChI is InChI=1S/C13H16N2O3/c14-5-9-4-12(16)15(6-9)7-10-2-1-3-11-13(10)18-8-17-11/h1-3,9H,4-8,14H2. The Morgan fingerprint density at radius 2 is 2.28 bits per heavy atom. The van der Waals surface area contributed by atoms with Gasteiger partial charge >= 0.3 is 0 Å². The second kappa shape index (κ2) is 4.49. The summed E-state index contributed by atoms with van der Waals surface area (Å²) >= 11 is 0. The highest BCUT2D eigenvalue weighted by atomic mass is 16.7. The van der Waals surface area contributed by atoms with Crippen molar-refractivity contribution in [2.45, 2.75) is 13.0 Å². The predicted octanol–water partition coefficient (Wildman–Crippen LogP) is 0.722. The molecule has 2 aliphatic rings. The molecule has 0 radical (unpaired) electrons. The van der Waals surface area contributed by atoms with Crippen molar-refractivity contribution < 1.29 is 14.3 Å². The molecule has 2 N–H and O–H groups in total.